The Kier molecular flexibility index (Phi) is 5.50. The fourth-order valence-electron chi connectivity index (χ4n) is 3.80. The van der Waals surface area contributed by atoms with Gasteiger partial charge in [0.15, 0.2) is 0 Å². The molecule has 1 heterocycles. The number of hydrogen-bond donors (Lipinski definition) is 1. The molecule has 2 heteroatoms. The van der Waals surface area contributed by atoms with Gasteiger partial charge in [-0.15, -0.1) is 0 Å². The molecule has 2 rings (SSSR count). The van der Waals surface area contributed by atoms with Crippen LogP contribution in [0.3, 0.4) is 0 Å². The molecule has 2 fully saturated rings. The van der Waals surface area contributed by atoms with E-state index >= 15 is 0 Å². The highest BCUT2D eigenvalue weighted by Crippen LogP contribution is 2.36. The topological polar surface area (TPSA) is 23.5 Å². The minimum Gasteiger partial charge on any atom is -0.396 e. The Morgan fingerprint density at radius 3 is 2.39 bits per heavy atom. The monoisotopic (exact) mass is 253 g/mol. The lowest BCUT2D eigenvalue weighted by Crippen LogP contribution is -2.40. The molecule has 0 aromatic heterocycles. The molecule has 1 saturated carbocycles. The number of likely N-dealkylation sites (tertiary alicyclic amines) is 1. The van der Waals surface area contributed by atoms with Gasteiger partial charge in [-0.25, -0.2) is 0 Å². The van der Waals surface area contributed by atoms with E-state index in [4.69, 9.17) is 0 Å². The van der Waals surface area contributed by atoms with E-state index in [1.807, 2.05) is 0 Å². The van der Waals surface area contributed by atoms with Gasteiger partial charge in [0.25, 0.3) is 0 Å². The summed E-state index contributed by atoms with van der Waals surface area (Å²) in [5.41, 5.74) is 0.226. The number of aliphatic hydroxyl groups is 1. The number of aliphatic hydroxyl groups excluding tert-OH is 1. The summed E-state index contributed by atoms with van der Waals surface area (Å²) >= 11 is 0. The van der Waals surface area contributed by atoms with Crippen LogP contribution in [0, 0.1) is 11.3 Å². The normalized spacial score (nSPS) is 30.7. The van der Waals surface area contributed by atoms with E-state index in [-0.39, 0.29) is 5.41 Å². The van der Waals surface area contributed by atoms with Crippen molar-refractivity contribution < 1.29 is 5.11 Å². The SMILES string of the molecule is CC1CCCN(CC2(CO)CCCCCC2)CC1. The first-order valence-electron chi connectivity index (χ1n) is 8.07. The standard InChI is InChI=1S/C16H31NO/c1-15-7-6-11-17(12-8-15)13-16(14-18)9-4-2-3-5-10-16/h15,18H,2-14H2,1H3. The van der Waals surface area contributed by atoms with Crippen LogP contribution >= 0.6 is 0 Å². The summed E-state index contributed by atoms with van der Waals surface area (Å²) in [5, 5.41) is 9.89. The fourth-order valence-corrected chi connectivity index (χ4v) is 3.80. The smallest absolute Gasteiger partial charge is 0.0499 e. The molecule has 1 aliphatic heterocycles. The first-order valence-corrected chi connectivity index (χ1v) is 8.07. The van der Waals surface area contributed by atoms with Crippen LogP contribution in [0.15, 0.2) is 0 Å². The van der Waals surface area contributed by atoms with Crippen molar-refractivity contribution in [1.29, 1.82) is 0 Å². The van der Waals surface area contributed by atoms with E-state index in [1.54, 1.807) is 0 Å². The van der Waals surface area contributed by atoms with Crippen molar-refractivity contribution >= 4 is 0 Å². The molecule has 0 spiro atoms. The summed E-state index contributed by atoms with van der Waals surface area (Å²) in [7, 11) is 0. The Morgan fingerprint density at radius 2 is 1.72 bits per heavy atom. The van der Waals surface area contributed by atoms with Gasteiger partial charge in [0, 0.05) is 18.6 Å². The van der Waals surface area contributed by atoms with Crippen LogP contribution in [0.2, 0.25) is 0 Å². The molecule has 0 aromatic rings. The predicted octanol–water partition coefficient (Wildman–Crippen LogP) is 3.44. The first-order chi connectivity index (χ1) is 8.74. The molecule has 0 aromatic carbocycles. The average molecular weight is 253 g/mol. The first kappa shape index (κ1) is 14.3. The van der Waals surface area contributed by atoms with Crippen LogP contribution in [-0.4, -0.2) is 36.2 Å². The van der Waals surface area contributed by atoms with Gasteiger partial charge in [-0.2, -0.15) is 0 Å². The van der Waals surface area contributed by atoms with Crippen LogP contribution in [-0.2, 0) is 0 Å². The van der Waals surface area contributed by atoms with Gasteiger partial charge < -0.3 is 10.0 Å². The Morgan fingerprint density at radius 1 is 1.00 bits per heavy atom. The van der Waals surface area contributed by atoms with Crippen molar-refractivity contribution in [2.45, 2.75) is 64.7 Å². The van der Waals surface area contributed by atoms with Crippen LogP contribution in [0.25, 0.3) is 0 Å². The number of rotatable bonds is 3. The van der Waals surface area contributed by atoms with Crippen LogP contribution < -0.4 is 0 Å². The summed E-state index contributed by atoms with van der Waals surface area (Å²) in [4.78, 5) is 2.64. The zero-order valence-corrected chi connectivity index (χ0v) is 12.2. The Labute approximate surface area is 113 Å². The van der Waals surface area contributed by atoms with Gasteiger partial charge in [0.2, 0.25) is 0 Å². The Bertz CT molecular complexity index is 233. The Hall–Kier alpha value is -0.0800. The van der Waals surface area contributed by atoms with E-state index in [2.05, 4.69) is 11.8 Å². The minimum absolute atomic E-state index is 0.226. The zero-order valence-electron chi connectivity index (χ0n) is 12.2. The fraction of sp³-hybridized carbons (Fsp3) is 1.00. The van der Waals surface area contributed by atoms with Gasteiger partial charge in [-0.3, -0.25) is 0 Å². The molecule has 1 N–H and O–H groups in total. The van der Waals surface area contributed by atoms with Gasteiger partial charge in [0.1, 0.15) is 0 Å². The molecule has 1 aliphatic carbocycles. The van der Waals surface area contributed by atoms with Crippen LogP contribution in [0.5, 0.6) is 0 Å². The summed E-state index contributed by atoms with van der Waals surface area (Å²) in [6.45, 7) is 6.45. The highest BCUT2D eigenvalue weighted by atomic mass is 16.3. The van der Waals surface area contributed by atoms with Crippen molar-refractivity contribution in [3.05, 3.63) is 0 Å². The molecule has 18 heavy (non-hydrogen) atoms. The lowest BCUT2D eigenvalue weighted by molar-refractivity contribution is 0.0602. The maximum Gasteiger partial charge on any atom is 0.0499 e. The lowest BCUT2D eigenvalue weighted by atomic mass is 9.80. The number of nitrogens with zero attached hydrogens (tertiary/aromatic N) is 1. The highest BCUT2D eigenvalue weighted by Gasteiger charge is 2.32. The largest absolute Gasteiger partial charge is 0.396 e. The Balaban J connectivity index is 1.91. The predicted molar refractivity (Wildman–Crippen MR) is 76.7 cm³/mol. The number of hydrogen-bond acceptors (Lipinski definition) is 2. The van der Waals surface area contributed by atoms with E-state index in [0.717, 1.165) is 12.5 Å². The second kappa shape index (κ2) is 6.91. The second-order valence-electron chi connectivity index (χ2n) is 6.88. The summed E-state index contributed by atoms with van der Waals surface area (Å²) in [6.07, 6.45) is 12.0. The van der Waals surface area contributed by atoms with Crippen molar-refractivity contribution in [2.75, 3.05) is 26.2 Å². The third-order valence-corrected chi connectivity index (χ3v) is 5.17. The molecule has 0 bridgehead atoms. The molecular weight excluding hydrogens is 222 g/mol. The summed E-state index contributed by atoms with van der Waals surface area (Å²) in [6, 6.07) is 0. The van der Waals surface area contributed by atoms with E-state index in [1.165, 1.54) is 70.9 Å². The quantitative estimate of drug-likeness (QED) is 0.779. The van der Waals surface area contributed by atoms with Crippen molar-refractivity contribution in [1.82, 2.24) is 4.90 Å². The third-order valence-electron chi connectivity index (χ3n) is 5.17. The van der Waals surface area contributed by atoms with Gasteiger partial charge in [-0.1, -0.05) is 32.6 Å². The minimum atomic E-state index is 0.226. The van der Waals surface area contributed by atoms with Gasteiger partial charge in [-0.05, 0) is 51.1 Å². The molecule has 106 valence electrons. The zero-order chi connectivity index (χ0) is 12.8. The van der Waals surface area contributed by atoms with Crippen molar-refractivity contribution in [3.8, 4) is 0 Å². The molecule has 1 unspecified atom stereocenters. The maximum absolute atomic E-state index is 9.89. The summed E-state index contributed by atoms with van der Waals surface area (Å²) in [5.74, 6) is 0.897. The van der Waals surface area contributed by atoms with Crippen LogP contribution in [0.4, 0.5) is 0 Å². The summed E-state index contributed by atoms with van der Waals surface area (Å²) < 4.78 is 0. The molecule has 1 atom stereocenters. The van der Waals surface area contributed by atoms with Crippen molar-refractivity contribution in [3.63, 3.8) is 0 Å². The second-order valence-corrected chi connectivity index (χ2v) is 6.88. The maximum atomic E-state index is 9.89. The molecule has 1 saturated heterocycles. The average Bonchev–Trinajstić information content (AvgIpc) is 2.72. The molecule has 2 aliphatic rings. The highest BCUT2D eigenvalue weighted by molar-refractivity contribution is 4.85. The molecule has 2 nitrogen and oxygen atoms in total. The molecular formula is C16H31NO. The van der Waals surface area contributed by atoms with Gasteiger partial charge >= 0.3 is 0 Å². The van der Waals surface area contributed by atoms with Gasteiger partial charge in [0.05, 0.1) is 0 Å². The molecule has 0 amide bonds. The third kappa shape index (κ3) is 3.96. The van der Waals surface area contributed by atoms with Crippen LogP contribution in [0.1, 0.15) is 64.7 Å². The van der Waals surface area contributed by atoms with E-state index in [0.29, 0.717) is 6.61 Å². The lowest BCUT2D eigenvalue weighted by Gasteiger charge is -2.36. The van der Waals surface area contributed by atoms with E-state index in [9.17, 15) is 5.11 Å². The molecule has 0 radical (unpaired) electrons. The van der Waals surface area contributed by atoms with Crippen molar-refractivity contribution in [2.24, 2.45) is 11.3 Å². The van der Waals surface area contributed by atoms with E-state index < -0.39 is 0 Å².